The van der Waals surface area contributed by atoms with Gasteiger partial charge in [-0.05, 0) is 37.4 Å². The molecule has 17 heavy (non-hydrogen) atoms. The highest BCUT2D eigenvalue weighted by Gasteiger charge is 2.18. The first-order valence-corrected chi connectivity index (χ1v) is 6.71. The molecule has 1 saturated heterocycles. The van der Waals surface area contributed by atoms with Gasteiger partial charge in [-0.2, -0.15) is 0 Å². The van der Waals surface area contributed by atoms with E-state index in [1.807, 2.05) is 0 Å². The molecule has 1 aromatic carbocycles. The average molecular weight is 274 g/mol. The number of phenols is 1. The third-order valence-electron chi connectivity index (χ3n) is 3.24. The Morgan fingerprint density at radius 2 is 2.18 bits per heavy atom. The number of aromatic hydroxyl groups is 1. The van der Waals surface area contributed by atoms with Crippen molar-refractivity contribution < 1.29 is 5.11 Å². The summed E-state index contributed by atoms with van der Waals surface area (Å²) in [6, 6.07) is 3.36. The van der Waals surface area contributed by atoms with Crippen LogP contribution in [-0.4, -0.2) is 23.1 Å². The van der Waals surface area contributed by atoms with E-state index in [0.29, 0.717) is 10.0 Å². The van der Waals surface area contributed by atoms with Crippen LogP contribution in [0.2, 0.25) is 10.0 Å². The summed E-state index contributed by atoms with van der Waals surface area (Å²) in [7, 11) is 0. The molecule has 0 saturated carbocycles. The zero-order valence-corrected chi connectivity index (χ0v) is 11.4. The zero-order chi connectivity index (χ0) is 12.4. The molecule has 1 aromatic rings. The predicted molar refractivity (Wildman–Crippen MR) is 71.8 cm³/mol. The molecular weight excluding hydrogens is 257 g/mol. The van der Waals surface area contributed by atoms with Crippen molar-refractivity contribution in [1.29, 1.82) is 0 Å². The number of rotatable bonds is 2. The first-order valence-electron chi connectivity index (χ1n) is 5.95. The lowest BCUT2D eigenvalue weighted by molar-refractivity contribution is 0.175. The molecule has 1 atom stereocenters. The molecule has 1 fully saturated rings. The van der Waals surface area contributed by atoms with E-state index in [4.69, 9.17) is 23.2 Å². The van der Waals surface area contributed by atoms with Crippen molar-refractivity contribution in [1.82, 2.24) is 4.90 Å². The number of hydrogen-bond donors (Lipinski definition) is 1. The molecule has 1 heterocycles. The zero-order valence-electron chi connectivity index (χ0n) is 9.92. The van der Waals surface area contributed by atoms with Gasteiger partial charge in [-0.15, -0.1) is 0 Å². The second-order valence-electron chi connectivity index (χ2n) is 4.88. The third-order valence-corrected chi connectivity index (χ3v) is 3.75. The first-order chi connectivity index (χ1) is 8.06. The summed E-state index contributed by atoms with van der Waals surface area (Å²) in [6.07, 6.45) is 2.51. The van der Waals surface area contributed by atoms with Gasteiger partial charge in [0.1, 0.15) is 5.75 Å². The molecule has 0 unspecified atom stereocenters. The van der Waals surface area contributed by atoms with Gasteiger partial charge in [0.2, 0.25) is 0 Å². The Labute approximate surface area is 112 Å². The lowest BCUT2D eigenvalue weighted by Gasteiger charge is -2.31. The van der Waals surface area contributed by atoms with E-state index in [9.17, 15) is 5.11 Å². The number of piperidine rings is 1. The molecule has 0 spiro atoms. The van der Waals surface area contributed by atoms with Gasteiger partial charge in [0.25, 0.3) is 0 Å². The number of halogens is 2. The number of nitrogens with zero attached hydrogens (tertiary/aromatic N) is 1. The van der Waals surface area contributed by atoms with Crippen LogP contribution in [0, 0.1) is 5.92 Å². The van der Waals surface area contributed by atoms with Crippen LogP contribution in [0.15, 0.2) is 12.1 Å². The highest BCUT2D eigenvalue weighted by Crippen LogP contribution is 2.32. The predicted octanol–water partition coefficient (Wildman–Crippen LogP) is 3.93. The minimum absolute atomic E-state index is 0.161. The molecular formula is C13H17Cl2NO. The molecule has 2 nitrogen and oxygen atoms in total. The summed E-state index contributed by atoms with van der Waals surface area (Å²) in [5.74, 6) is 0.884. The molecule has 1 N–H and O–H groups in total. The molecule has 0 radical (unpaired) electrons. The van der Waals surface area contributed by atoms with Crippen LogP contribution < -0.4 is 0 Å². The second kappa shape index (κ2) is 5.47. The van der Waals surface area contributed by atoms with Gasteiger partial charge in [-0.1, -0.05) is 30.1 Å². The van der Waals surface area contributed by atoms with Crippen molar-refractivity contribution in [2.45, 2.75) is 26.3 Å². The summed E-state index contributed by atoms with van der Waals surface area (Å²) in [4.78, 5) is 2.34. The summed E-state index contributed by atoms with van der Waals surface area (Å²) < 4.78 is 0. The fourth-order valence-electron chi connectivity index (χ4n) is 2.41. The second-order valence-corrected chi connectivity index (χ2v) is 5.72. The van der Waals surface area contributed by atoms with Crippen molar-refractivity contribution in [3.05, 3.63) is 27.7 Å². The van der Waals surface area contributed by atoms with Gasteiger partial charge in [0.15, 0.2) is 0 Å². The van der Waals surface area contributed by atoms with Crippen molar-refractivity contribution >= 4 is 23.2 Å². The summed E-state index contributed by atoms with van der Waals surface area (Å²) in [5.41, 5.74) is 0.816. The van der Waals surface area contributed by atoms with Gasteiger partial charge in [-0.25, -0.2) is 0 Å². The van der Waals surface area contributed by atoms with E-state index in [1.54, 1.807) is 12.1 Å². The van der Waals surface area contributed by atoms with Gasteiger partial charge in [0.05, 0.1) is 5.02 Å². The lowest BCUT2D eigenvalue weighted by Crippen LogP contribution is -2.33. The normalized spacial score (nSPS) is 21.7. The highest BCUT2D eigenvalue weighted by atomic mass is 35.5. The molecule has 2 rings (SSSR count). The van der Waals surface area contributed by atoms with Crippen LogP contribution in [0.25, 0.3) is 0 Å². The monoisotopic (exact) mass is 273 g/mol. The minimum atomic E-state index is 0.161. The van der Waals surface area contributed by atoms with E-state index in [1.165, 1.54) is 12.8 Å². The van der Waals surface area contributed by atoms with E-state index in [0.717, 1.165) is 31.1 Å². The van der Waals surface area contributed by atoms with Gasteiger partial charge in [0, 0.05) is 23.7 Å². The fourth-order valence-corrected chi connectivity index (χ4v) is 2.95. The van der Waals surface area contributed by atoms with Crippen LogP contribution in [0.4, 0.5) is 0 Å². The Balaban J connectivity index is 2.12. The Morgan fingerprint density at radius 3 is 2.88 bits per heavy atom. The van der Waals surface area contributed by atoms with Gasteiger partial charge in [-0.3, -0.25) is 4.90 Å². The molecule has 0 aromatic heterocycles. The van der Waals surface area contributed by atoms with E-state index in [-0.39, 0.29) is 5.75 Å². The maximum absolute atomic E-state index is 9.90. The molecule has 0 amide bonds. The summed E-state index contributed by atoms with van der Waals surface area (Å²) in [6.45, 7) is 5.13. The van der Waals surface area contributed by atoms with Crippen molar-refractivity contribution in [3.63, 3.8) is 0 Å². The Morgan fingerprint density at radius 1 is 1.41 bits per heavy atom. The van der Waals surface area contributed by atoms with Crippen LogP contribution in [0.3, 0.4) is 0 Å². The third kappa shape index (κ3) is 3.27. The molecule has 1 aliphatic heterocycles. The van der Waals surface area contributed by atoms with Crippen molar-refractivity contribution in [2.24, 2.45) is 5.92 Å². The maximum atomic E-state index is 9.90. The Bertz CT molecular complexity index is 409. The van der Waals surface area contributed by atoms with Crippen molar-refractivity contribution in [3.8, 4) is 5.75 Å². The summed E-state index contributed by atoms with van der Waals surface area (Å²) >= 11 is 11.9. The molecule has 0 aliphatic carbocycles. The van der Waals surface area contributed by atoms with E-state index >= 15 is 0 Å². The van der Waals surface area contributed by atoms with Gasteiger partial charge < -0.3 is 5.11 Å². The van der Waals surface area contributed by atoms with Crippen LogP contribution in [0.5, 0.6) is 5.75 Å². The number of hydrogen-bond acceptors (Lipinski definition) is 2. The molecule has 94 valence electrons. The molecule has 0 bridgehead atoms. The largest absolute Gasteiger partial charge is 0.506 e. The SMILES string of the molecule is C[C@H]1CCCN(Cc2cc(Cl)cc(Cl)c2O)C1. The van der Waals surface area contributed by atoms with E-state index in [2.05, 4.69) is 11.8 Å². The number of likely N-dealkylation sites (tertiary alicyclic amines) is 1. The average Bonchev–Trinajstić information content (AvgIpc) is 2.25. The van der Waals surface area contributed by atoms with Crippen LogP contribution in [-0.2, 0) is 6.54 Å². The fraction of sp³-hybridized carbons (Fsp3) is 0.538. The summed E-state index contributed by atoms with van der Waals surface area (Å²) in [5, 5.41) is 10.8. The van der Waals surface area contributed by atoms with E-state index < -0.39 is 0 Å². The standard InChI is InChI=1S/C13H17Cl2NO/c1-9-3-2-4-16(7-9)8-10-5-11(14)6-12(15)13(10)17/h5-6,9,17H,2-4,7-8H2,1H3/t9-/m0/s1. The highest BCUT2D eigenvalue weighted by molar-refractivity contribution is 6.35. The molecule has 1 aliphatic rings. The number of phenolic OH excluding ortho intramolecular Hbond substituents is 1. The van der Waals surface area contributed by atoms with Crippen LogP contribution in [0.1, 0.15) is 25.3 Å². The van der Waals surface area contributed by atoms with Gasteiger partial charge >= 0.3 is 0 Å². The first kappa shape index (κ1) is 13.0. The quantitative estimate of drug-likeness (QED) is 0.883. The van der Waals surface area contributed by atoms with Crippen LogP contribution >= 0.6 is 23.2 Å². The maximum Gasteiger partial charge on any atom is 0.138 e. The molecule has 4 heteroatoms. The number of benzene rings is 1. The Hall–Kier alpha value is -0.440. The smallest absolute Gasteiger partial charge is 0.138 e. The Kier molecular flexibility index (Phi) is 4.18. The lowest BCUT2D eigenvalue weighted by atomic mass is 10.00. The topological polar surface area (TPSA) is 23.5 Å². The minimum Gasteiger partial charge on any atom is -0.506 e. The van der Waals surface area contributed by atoms with Crippen molar-refractivity contribution in [2.75, 3.05) is 13.1 Å².